The van der Waals surface area contributed by atoms with E-state index in [1.165, 1.54) is 10.0 Å². The first kappa shape index (κ1) is 8.96. The minimum atomic E-state index is -0.871. The molecular weight excluding hydrogens is 247 g/mol. The van der Waals surface area contributed by atoms with E-state index in [2.05, 4.69) is 65.6 Å². The first-order chi connectivity index (χ1) is 7.45. The van der Waals surface area contributed by atoms with Gasteiger partial charge in [0.25, 0.3) is 0 Å². The molecule has 0 aliphatic carbocycles. The van der Waals surface area contributed by atoms with E-state index in [0.717, 1.165) is 0 Å². The van der Waals surface area contributed by atoms with Gasteiger partial charge in [-0.3, -0.25) is 0 Å². The van der Waals surface area contributed by atoms with E-state index in [1.54, 1.807) is 4.46 Å². The summed E-state index contributed by atoms with van der Waals surface area (Å²) >= 11 is -0.871. The van der Waals surface area contributed by atoms with Crippen LogP contribution < -0.4 is 8.92 Å². The zero-order valence-corrected chi connectivity index (χ0v) is 9.97. The summed E-state index contributed by atoms with van der Waals surface area (Å²) in [7, 11) is 0. The van der Waals surface area contributed by atoms with Gasteiger partial charge in [0.2, 0.25) is 0 Å². The maximum absolute atomic E-state index is 2.40. The van der Waals surface area contributed by atoms with Gasteiger partial charge in [0.1, 0.15) is 0 Å². The summed E-state index contributed by atoms with van der Waals surface area (Å²) in [5.74, 6) is 0. The van der Waals surface area contributed by atoms with Crippen LogP contribution in [0.3, 0.4) is 0 Å². The van der Waals surface area contributed by atoms with Crippen molar-refractivity contribution in [2.24, 2.45) is 0 Å². The molecule has 0 amide bonds. The van der Waals surface area contributed by atoms with Crippen molar-refractivity contribution < 1.29 is 0 Å². The molecule has 0 atom stereocenters. The topological polar surface area (TPSA) is 0 Å². The number of benzene rings is 2. The second-order valence-corrected chi connectivity index (χ2v) is 7.39. The fraction of sp³-hybridized carbons (Fsp3) is 0. The van der Waals surface area contributed by atoms with Crippen molar-refractivity contribution in [3.8, 4) is 0 Å². The molecule has 73 valence electrons. The van der Waals surface area contributed by atoms with Crippen molar-refractivity contribution >= 4 is 28.9 Å². The van der Waals surface area contributed by atoms with Gasteiger partial charge in [-0.1, -0.05) is 0 Å². The molecule has 0 N–H and O–H groups in total. The molecule has 1 heteroatoms. The van der Waals surface area contributed by atoms with Crippen LogP contribution in [0.1, 0.15) is 5.56 Å². The molecule has 0 fully saturated rings. The Labute approximate surface area is 94.1 Å². The first-order valence-electron chi connectivity index (χ1n) is 5.00. The van der Waals surface area contributed by atoms with Crippen LogP contribution in [0.4, 0.5) is 0 Å². The van der Waals surface area contributed by atoms with E-state index in [-0.39, 0.29) is 0 Å². The van der Waals surface area contributed by atoms with E-state index < -0.39 is 13.9 Å². The molecule has 2 aromatic rings. The number of hydrogen-bond acceptors (Lipinski definition) is 0. The quantitative estimate of drug-likeness (QED) is 0.685. The average Bonchev–Trinajstić information content (AvgIpc) is 2.74. The van der Waals surface area contributed by atoms with Crippen LogP contribution in [0.25, 0.3) is 6.08 Å². The zero-order chi connectivity index (χ0) is 10.1. The molecule has 0 bridgehead atoms. The molecule has 0 aromatic heterocycles. The SMILES string of the molecule is C1=C[Se](c2ccccc2)c2ccccc21. The summed E-state index contributed by atoms with van der Waals surface area (Å²) in [5.41, 5.74) is 1.41. The summed E-state index contributed by atoms with van der Waals surface area (Å²) in [6, 6.07) is 19.6. The minimum absolute atomic E-state index is 0.871. The molecule has 0 saturated carbocycles. The summed E-state index contributed by atoms with van der Waals surface area (Å²) in [6.07, 6.45) is 2.27. The monoisotopic (exact) mass is 259 g/mol. The molecule has 0 spiro atoms. The maximum atomic E-state index is 2.40. The van der Waals surface area contributed by atoms with Crippen LogP contribution in [-0.4, -0.2) is 13.9 Å². The Bertz CT molecular complexity index is 500. The van der Waals surface area contributed by atoms with Crippen LogP contribution in [0.5, 0.6) is 0 Å². The Morgan fingerprint density at radius 1 is 0.733 bits per heavy atom. The Morgan fingerprint density at radius 3 is 2.33 bits per heavy atom. The average molecular weight is 258 g/mol. The molecule has 1 aliphatic heterocycles. The van der Waals surface area contributed by atoms with Crippen LogP contribution >= 0.6 is 0 Å². The van der Waals surface area contributed by atoms with Gasteiger partial charge in [0.15, 0.2) is 0 Å². The second-order valence-electron chi connectivity index (χ2n) is 3.49. The van der Waals surface area contributed by atoms with E-state index in [0.29, 0.717) is 0 Å². The van der Waals surface area contributed by atoms with Gasteiger partial charge in [-0.15, -0.1) is 0 Å². The standard InChI is InChI=1S/C14H11Se/c1-2-7-13(8-3-1)15-11-10-12-6-4-5-9-14(12)15/h1-11H. The van der Waals surface area contributed by atoms with E-state index in [4.69, 9.17) is 0 Å². The molecule has 0 saturated heterocycles. The van der Waals surface area contributed by atoms with Gasteiger partial charge in [-0.2, -0.15) is 0 Å². The number of rotatable bonds is 1. The normalized spacial score (nSPS) is 14.1. The molecule has 1 heterocycles. The zero-order valence-electron chi connectivity index (χ0n) is 8.26. The Hall–Kier alpha value is -1.30. The van der Waals surface area contributed by atoms with Crippen molar-refractivity contribution in [3.05, 3.63) is 65.1 Å². The van der Waals surface area contributed by atoms with Crippen LogP contribution in [0.2, 0.25) is 0 Å². The third-order valence-electron chi connectivity index (χ3n) is 2.54. The molecule has 0 unspecified atom stereocenters. The van der Waals surface area contributed by atoms with Crippen LogP contribution in [-0.2, 0) is 0 Å². The Balaban J connectivity index is 2.09. The van der Waals surface area contributed by atoms with Crippen LogP contribution in [0.15, 0.2) is 59.6 Å². The predicted molar refractivity (Wildman–Crippen MR) is 66.9 cm³/mol. The van der Waals surface area contributed by atoms with Crippen molar-refractivity contribution in [2.75, 3.05) is 0 Å². The third-order valence-corrected chi connectivity index (χ3v) is 6.80. The predicted octanol–water partition coefficient (Wildman–Crippen LogP) is 1.86. The molecule has 1 aliphatic rings. The second kappa shape index (κ2) is 3.69. The molecule has 15 heavy (non-hydrogen) atoms. The summed E-state index contributed by atoms with van der Waals surface area (Å²) in [4.78, 5) is 2.40. The summed E-state index contributed by atoms with van der Waals surface area (Å²) in [6.45, 7) is 0. The molecule has 3 rings (SSSR count). The van der Waals surface area contributed by atoms with Gasteiger partial charge in [0.05, 0.1) is 0 Å². The summed E-state index contributed by atoms with van der Waals surface area (Å²) < 4.78 is 3.04. The Kier molecular flexibility index (Phi) is 2.21. The van der Waals surface area contributed by atoms with Crippen molar-refractivity contribution in [1.82, 2.24) is 0 Å². The van der Waals surface area contributed by atoms with Crippen molar-refractivity contribution in [1.29, 1.82) is 0 Å². The fourth-order valence-electron chi connectivity index (χ4n) is 1.81. The summed E-state index contributed by atoms with van der Waals surface area (Å²) in [5, 5.41) is 0. The fourth-order valence-corrected chi connectivity index (χ4v) is 5.80. The van der Waals surface area contributed by atoms with Gasteiger partial charge < -0.3 is 0 Å². The first-order valence-corrected chi connectivity index (χ1v) is 7.71. The van der Waals surface area contributed by atoms with E-state index in [9.17, 15) is 0 Å². The van der Waals surface area contributed by atoms with E-state index >= 15 is 0 Å². The van der Waals surface area contributed by atoms with E-state index in [1.807, 2.05) is 0 Å². The third kappa shape index (κ3) is 1.54. The van der Waals surface area contributed by atoms with Gasteiger partial charge in [-0.25, -0.2) is 0 Å². The van der Waals surface area contributed by atoms with Gasteiger partial charge in [-0.05, 0) is 0 Å². The molecule has 1 radical (unpaired) electrons. The van der Waals surface area contributed by atoms with Crippen molar-refractivity contribution in [3.63, 3.8) is 0 Å². The molecular formula is C14H11Se. The molecule has 2 aromatic carbocycles. The number of hydrogen-bond donors (Lipinski definition) is 0. The van der Waals surface area contributed by atoms with Gasteiger partial charge >= 0.3 is 94.0 Å². The Morgan fingerprint density at radius 2 is 1.47 bits per heavy atom. The van der Waals surface area contributed by atoms with Crippen LogP contribution in [0, 0.1) is 0 Å². The van der Waals surface area contributed by atoms with Gasteiger partial charge in [0, 0.05) is 0 Å². The van der Waals surface area contributed by atoms with Crippen molar-refractivity contribution in [2.45, 2.75) is 0 Å². The molecule has 0 nitrogen and oxygen atoms in total. The number of fused-ring (bicyclic) bond motifs is 1.